The number of piperidine rings is 1. The number of aromatic nitrogens is 2. The molecule has 1 aliphatic carbocycles. The van der Waals surface area contributed by atoms with Gasteiger partial charge in [-0.2, -0.15) is 5.10 Å². The fraction of sp³-hybridized carbons (Fsp3) is 0.524. The molecular formula is C21H27FN4O. The molecule has 0 atom stereocenters. The molecule has 1 aromatic carbocycles. The molecular weight excluding hydrogens is 343 g/mol. The third-order valence-corrected chi connectivity index (χ3v) is 5.91. The van der Waals surface area contributed by atoms with Crippen molar-refractivity contribution >= 4 is 5.91 Å². The Morgan fingerprint density at radius 3 is 2.67 bits per heavy atom. The van der Waals surface area contributed by atoms with Gasteiger partial charge in [0, 0.05) is 24.3 Å². The zero-order valence-corrected chi connectivity index (χ0v) is 15.9. The average molecular weight is 370 g/mol. The largest absolute Gasteiger partial charge is 0.337 e. The molecule has 0 saturated carbocycles. The Morgan fingerprint density at radius 1 is 1.22 bits per heavy atom. The Labute approximate surface area is 159 Å². The van der Waals surface area contributed by atoms with Crippen LogP contribution in [0.2, 0.25) is 0 Å². The van der Waals surface area contributed by atoms with E-state index in [1.807, 2.05) is 16.6 Å². The smallest absolute Gasteiger partial charge is 0.274 e. The second-order valence-electron chi connectivity index (χ2n) is 7.64. The minimum Gasteiger partial charge on any atom is -0.337 e. The van der Waals surface area contributed by atoms with E-state index in [-0.39, 0.29) is 11.7 Å². The lowest BCUT2D eigenvalue weighted by Crippen LogP contribution is -2.39. The number of carbonyl (C=O) groups is 1. The minimum absolute atomic E-state index is 0.0566. The molecule has 2 aromatic rings. The molecule has 1 aliphatic heterocycles. The first-order chi connectivity index (χ1) is 13.2. The molecule has 1 N–H and O–H groups in total. The van der Waals surface area contributed by atoms with Crippen LogP contribution in [0.4, 0.5) is 4.39 Å². The number of carbonyl (C=O) groups excluding carboxylic acids is 1. The summed E-state index contributed by atoms with van der Waals surface area (Å²) in [5, 5.41) is 7.88. The van der Waals surface area contributed by atoms with E-state index < -0.39 is 0 Å². The number of nitrogens with zero attached hydrogens (tertiary/aromatic N) is 3. The van der Waals surface area contributed by atoms with Gasteiger partial charge in [-0.3, -0.25) is 4.79 Å². The number of likely N-dealkylation sites (tertiary alicyclic amines) is 1. The van der Waals surface area contributed by atoms with Crippen molar-refractivity contribution in [1.29, 1.82) is 0 Å². The number of hydrogen-bond acceptors (Lipinski definition) is 3. The maximum atomic E-state index is 13.3. The number of benzene rings is 1. The van der Waals surface area contributed by atoms with E-state index in [0.29, 0.717) is 11.6 Å². The Balaban J connectivity index is 1.53. The molecule has 1 amide bonds. The molecule has 144 valence electrons. The van der Waals surface area contributed by atoms with Crippen LogP contribution in [0.1, 0.15) is 47.4 Å². The second kappa shape index (κ2) is 7.80. The standard InChI is InChI=1S/C21H27FN4O/c1-23-12-9-15-10-13-25(14-11-15)21(27)20-18-3-2-4-19(18)26(24-20)17-7-5-16(22)6-8-17/h5-8,15,23H,2-4,9-14H2,1H3. The SMILES string of the molecule is CNCCC1CCN(C(=O)c2nn(-c3ccc(F)cc3)c3c2CCC3)CC1. The maximum Gasteiger partial charge on any atom is 0.274 e. The summed E-state index contributed by atoms with van der Waals surface area (Å²) in [6.45, 7) is 2.66. The molecule has 0 bridgehead atoms. The van der Waals surface area contributed by atoms with Crippen molar-refractivity contribution in [3.8, 4) is 5.69 Å². The van der Waals surface area contributed by atoms with E-state index in [1.54, 1.807) is 12.1 Å². The van der Waals surface area contributed by atoms with Crippen molar-refractivity contribution in [1.82, 2.24) is 20.0 Å². The summed E-state index contributed by atoms with van der Waals surface area (Å²) in [5.74, 6) is 0.491. The van der Waals surface area contributed by atoms with Crippen molar-refractivity contribution < 1.29 is 9.18 Å². The molecule has 0 unspecified atom stereocenters. The molecule has 4 rings (SSSR count). The minimum atomic E-state index is -0.264. The van der Waals surface area contributed by atoms with E-state index in [0.717, 1.165) is 68.7 Å². The molecule has 0 radical (unpaired) electrons. The number of rotatable bonds is 5. The van der Waals surface area contributed by atoms with Gasteiger partial charge in [0.1, 0.15) is 5.82 Å². The van der Waals surface area contributed by atoms with Crippen molar-refractivity contribution in [2.45, 2.75) is 38.5 Å². The van der Waals surface area contributed by atoms with Crippen LogP contribution in [0.5, 0.6) is 0 Å². The number of hydrogen-bond donors (Lipinski definition) is 1. The molecule has 1 fully saturated rings. The highest BCUT2D eigenvalue weighted by Gasteiger charge is 2.31. The summed E-state index contributed by atoms with van der Waals surface area (Å²) >= 11 is 0. The third kappa shape index (κ3) is 3.63. The van der Waals surface area contributed by atoms with E-state index in [2.05, 4.69) is 10.4 Å². The summed E-state index contributed by atoms with van der Waals surface area (Å²) in [6.07, 6.45) is 6.16. The molecule has 2 aliphatic rings. The Hall–Kier alpha value is -2.21. The van der Waals surface area contributed by atoms with Crippen LogP contribution in [-0.2, 0) is 12.8 Å². The number of amides is 1. The van der Waals surface area contributed by atoms with Gasteiger partial charge in [-0.25, -0.2) is 9.07 Å². The van der Waals surface area contributed by atoms with E-state index in [4.69, 9.17) is 0 Å². The number of nitrogens with one attached hydrogen (secondary N) is 1. The topological polar surface area (TPSA) is 50.2 Å². The van der Waals surface area contributed by atoms with E-state index in [1.165, 1.54) is 18.6 Å². The van der Waals surface area contributed by atoms with Crippen molar-refractivity contribution in [2.75, 3.05) is 26.7 Å². The fourth-order valence-corrected chi connectivity index (χ4v) is 4.33. The molecule has 27 heavy (non-hydrogen) atoms. The van der Waals surface area contributed by atoms with E-state index in [9.17, 15) is 9.18 Å². The number of fused-ring (bicyclic) bond motifs is 1. The normalized spacial score (nSPS) is 17.3. The predicted molar refractivity (Wildman–Crippen MR) is 103 cm³/mol. The predicted octanol–water partition coefficient (Wildman–Crippen LogP) is 2.96. The van der Waals surface area contributed by atoms with Crippen LogP contribution in [0.3, 0.4) is 0 Å². The van der Waals surface area contributed by atoms with Gasteiger partial charge in [-0.05, 0) is 82.3 Å². The highest BCUT2D eigenvalue weighted by atomic mass is 19.1. The zero-order chi connectivity index (χ0) is 18.8. The molecule has 6 heteroatoms. The van der Waals surface area contributed by atoms with E-state index >= 15 is 0 Å². The maximum absolute atomic E-state index is 13.3. The van der Waals surface area contributed by atoms with Crippen LogP contribution in [0.25, 0.3) is 5.69 Å². The van der Waals surface area contributed by atoms with Crippen LogP contribution >= 0.6 is 0 Å². The van der Waals surface area contributed by atoms with Crippen molar-refractivity contribution in [2.24, 2.45) is 5.92 Å². The highest BCUT2D eigenvalue weighted by Crippen LogP contribution is 2.30. The van der Waals surface area contributed by atoms with Crippen molar-refractivity contribution in [3.63, 3.8) is 0 Å². The third-order valence-electron chi connectivity index (χ3n) is 5.91. The molecule has 1 aromatic heterocycles. The Kier molecular flexibility index (Phi) is 5.25. The van der Waals surface area contributed by atoms with Crippen LogP contribution in [0.15, 0.2) is 24.3 Å². The van der Waals surface area contributed by atoms with Crippen LogP contribution in [0, 0.1) is 11.7 Å². The Bertz CT molecular complexity index is 806. The summed E-state index contributed by atoms with van der Waals surface area (Å²) in [6, 6.07) is 6.33. The van der Waals surface area contributed by atoms with Gasteiger partial charge in [-0.15, -0.1) is 0 Å². The first kappa shape index (κ1) is 18.2. The fourth-order valence-electron chi connectivity index (χ4n) is 4.33. The lowest BCUT2D eigenvalue weighted by atomic mass is 9.93. The van der Waals surface area contributed by atoms with Crippen LogP contribution < -0.4 is 5.32 Å². The molecule has 2 heterocycles. The molecule has 1 saturated heterocycles. The average Bonchev–Trinajstić information content (AvgIpc) is 3.30. The summed E-state index contributed by atoms with van der Waals surface area (Å²) in [7, 11) is 1.98. The summed E-state index contributed by atoms with van der Waals surface area (Å²) in [5.41, 5.74) is 3.61. The first-order valence-electron chi connectivity index (χ1n) is 9.98. The van der Waals surface area contributed by atoms with Gasteiger partial charge in [0.15, 0.2) is 5.69 Å². The zero-order valence-electron chi connectivity index (χ0n) is 15.9. The number of halogens is 1. The van der Waals surface area contributed by atoms with Crippen LogP contribution in [-0.4, -0.2) is 47.3 Å². The van der Waals surface area contributed by atoms with Gasteiger partial charge < -0.3 is 10.2 Å². The first-order valence-corrected chi connectivity index (χ1v) is 9.98. The monoisotopic (exact) mass is 370 g/mol. The summed E-state index contributed by atoms with van der Waals surface area (Å²) in [4.78, 5) is 15.1. The second-order valence-corrected chi connectivity index (χ2v) is 7.64. The lowest BCUT2D eigenvalue weighted by molar-refractivity contribution is 0.0679. The van der Waals surface area contributed by atoms with Gasteiger partial charge in [0.25, 0.3) is 5.91 Å². The van der Waals surface area contributed by atoms with Crippen molar-refractivity contribution in [3.05, 3.63) is 47.0 Å². The van der Waals surface area contributed by atoms with Gasteiger partial charge in [-0.1, -0.05) is 0 Å². The Morgan fingerprint density at radius 2 is 1.96 bits per heavy atom. The van der Waals surface area contributed by atoms with Gasteiger partial charge in [0.05, 0.1) is 5.69 Å². The molecule has 5 nitrogen and oxygen atoms in total. The molecule has 0 spiro atoms. The lowest BCUT2D eigenvalue weighted by Gasteiger charge is -2.31. The summed E-state index contributed by atoms with van der Waals surface area (Å²) < 4.78 is 15.1. The highest BCUT2D eigenvalue weighted by molar-refractivity contribution is 5.94. The quantitative estimate of drug-likeness (QED) is 0.880. The van der Waals surface area contributed by atoms with Gasteiger partial charge >= 0.3 is 0 Å². The van der Waals surface area contributed by atoms with Gasteiger partial charge in [0.2, 0.25) is 0 Å².